The fourth-order valence-electron chi connectivity index (χ4n) is 3.39. The molecule has 0 aliphatic rings. The Morgan fingerprint density at radius 1 is 0.702 bits per heavy atom. The van der Waals surface area contributed by atoms with Crippen molar-refractivity contribution < 1.29 is 51.2 Å². The number of carbonyl (C=O) groups is 2. The van der Waals surface area contributed by atoms with Crippen LogP contribution in [0.15, 0.2) is 17.6 Å². The Bertz CT molecular complexity index is 1150. The Balaban J connectivity index is 1.78. The molecule has 0 atom stereocenters. The van der Waals surface area contributed by atoms with Crippen molar-refractivity contribution in [2.45, 2.75) is 51.6 Å². The van der Waals surface area contributed by atoms with Crippen LogP contribution in [0.4, 0.5) is 0 Å². The van der Waals surface area contributed by atoms with Crippen LogP contribution in [-0.2, 0) is 52.6 Å². The van der Waals surface area contributed by atoms with Crippen molar-refractivity contribution in [2.75, 3.05) is 105 Å². The summed E-state index contributed by atoms with van der Waals surface area (Å²) in [5.41, 5.74) is 0.189. The highest BCUT2D eigenvalue weighted by atomic mass is 32.2. The highest BCUT2D eigenvalue weighted by molar-refractivity contribution is 7.90. The van der Waals surface area contributed by atoms with Crippen molar-refractivity contribution in [1.29, 1.82) is 0 Å². The van der Waals surface area contributed by atoms with E-state index in [1.54, 1.807) is 0 Å². The zero-order chi connectivity index (χ0) is 34.6. The Morgan fingerprint density at radius 3 is 1.55 bits per heavy atom. The monoisotopic (exact) mass is 687 g/mol. The minimum atomic E-state index is -3.44. The van der Waals surface area contributed by atoms with Gasteiger partial charge in [-0.1, -0.05) is 32.6 Å². The second-order valence-electron chi connectivity index (χ2n) is 11.2. The summed E-state index contributed by atoms with van der Waals surface area (Å²) < 4.78 is 60.8. The number of ether oxygens (including phenoxy) is 7. The molecule has 1 aromatic rings. The number of Topliss-reactive ketones (excluding diaryl/α,β-unsaturated/α-hetero) is 1. The average Bonchev–Trinajstić information content (AvgIpc) is 3.02. The maximum Gasteiger partial charge on any atom is 0.246 e. The molecule has 15 heteroatoms. The number of amides is 1. The van der Waals surface area contributed by atoms with Crippen LogP contribution < -0.4 is 5.32 Å². The van der Waals surface area contributed by atoms with E-state index >= 15 is 0 Å². The topological polar surface area (TPSA) is 171 Å². The van der Waals surface area contributed by atoms with Crippen LogP contribution in [0.3, 0.4) is 0 Å². The number of ketones is 1. The summed E-state index contributed by atoms with van der Waals surface area (Å²) in [6.45, 7) is 12.4. The minimum absolute atomic E-state index is 0.0768. The van der Waals surface area contributed by atoms with Crippen molar-refractivity contribution in [3.63, 3.8) is 0 Å². The van der Waals surface area contributed by atoms with Gasteiger partial charge in [-0.3, -0.25) is 9.59 Å². The van der Waals surface area contributed by atoms with E-state index in [0.717, 1.165) is 6.26 Å². The van der Waals surface area contributed by atoms with E-state index in [-0.39, 0.29) is 22.3 Å². The molecule has 0 aromatic carbocycles. The number of hydrogen-bond acceptors (Lipinski definition) is 13. The van der Waals surface area contributed by atoms with Crippen LogP contribution in [0.1, 0.15) is 52.0 Å². The van der Waals surface area contributed by atoms with E-state index < -0.39 is 9.84 Å². The molecule has 1 amide bonds. The molecule has 0 bridgehead atoms. The summed E-state index contributed by atoms with van der Waals surface area (Å²) in [6, 6.07) is 0. The lowest BCUT2D eigenvalue weighted by atomic mass is 9.89. The summed E-state index contributed by atoms with van der Waals surface area (Å²) in [6.07, 6.45) is 5.64. The summed E-state index contributed by atoms with van der Waals surface area (Å²) in [7, 11) is -3.44. The van der Waals surface area contributed by atoms with Gasteiger partial charge in [-0.05, 0) is 6.42 Å². The molecule has 268 valence electrons. The van der Waals surface area contributed by atoms with Crippen LogP contribution in [0.2, 0.25) is 0 Å². The molecular weight excluding hydrogens is 634 g/mol. The molecule has 0 fully saturated rings. The summed E-state index contributed by atoms with van der Waals surface area (Å²) in [5.74, 6) is 5.89. The zero-order valence-electron chi connectivity index (χ0n) is 28.4. The number of sulfone groups is 1. The molecule has 1 heterocycles. The van der Waals surface area contributed by atoms with E-state index in [2.05, 4.69) is 27.1 Å². The smallest absolute Gasteiger partial charge is 0.246 e. The molecule has 0 unspecified atom stereocenters. The Labute approximate surface area is 279 Å². The molecule has 14 nitrogen and oxygen atoms in total. The fourth-order valence-corrected chi connectivity index (χ4v) is 3.87. The number of hydrogen-bond donors (Lipinski definition) is 1. The lowest BCUT2D eigenvalue weighted by Gasteiger charge is -2.16. The molecule has 1 rings (SSSR count). The van der Waals surface area contributed by atoms with E-state index in [0.29, 0.717) is 130 Å². The van der Waals surface area contributed by atoms with Gasteiger partial charge >= 0.3 is 0 Å². The zero-order valence-corrected chi connectivity index (χ0v) is 29.2. The summed E-state index contributed by atoms with van der Waals surface area (Å²) >= 11 is 0. The van der Waals surface area contributed by atoms with Crippen LogP contribution in [0.5, 0.6) is 0 Å². The Kier molecular flexibility index (Phi) is 23.9. The van der Waals surface area contributed by atoms with Crippen LogP contribution >= 0.6 is 0 Å². The third-order valence-corrected chi connectivity index (χ3v) is 6.88. The van der Waals surface area contributed by atoms with Crippen molar-refractivity contribution in [1.82, 2.24) is 15.3 Å². The second-order valence-corrected chi connectivity index (χ2v) is 13.2. The van der Waals surface area contributed by atoms with Gasteiger partial charge in [-0.15, -0.1) is 0 Å². The lowest BCUT2D eigenvalue weighted by Crippen LogP contribution is -2.27. The molecular formula is C32H53N3O11S. The largest absolute Gasteiger partial charge is 0.379 e. The van der Waals surface area contributed by atoms with Gasteiger partial charge in [0.15, 0.2) is 0 Å². The van der Waals surface area contributed by atoms with Gasteiger partial charge in [-0.25, -0.2) is 18.4 Å². The van der Waals surface area contributed by atoms with Crippen molar-refractivity contribution >= 4 is 21.5 Å². The normalized spacial score (nSPS) is 11.7. The van der Waals surface area contributed by atoms with Gasteiger partial charge < -0.3 is 38.5 Å². The molecule has 47 heavy (non-hydrogen) atoms. The van der Waals surface area contributed by atoms with E-state index in [1.165, 1.54) is 12.4 Å². The Hall–Kier alpha value is -2.55. The van der Waals surface area contributed by atoms with Gasteiger partial charge in [0.25, 0.3) is 0 Å². The number of rotatable bonds is 28. The lowest BCUT2D eigenvalue weighted by molar-refractivity contribution is -0.127. The first kappa shape index (κ1) is 42.5. The first-order chi connectivity index (χ1) is 22.5. The van der Waals surface area contributed by atoms with Crippen LogP contribution in [-0.4, -0.2) is 135 Å². The number of nitrogens with zero attached hydrogens (tertiary/aromatic N) is 2. The third kappa shape index (κ3) is 25.2. The summed E-state index contributed by atoms with van der Waals surface area (Å²) in [5, 5.41) is 2.56. The van der Waals surface area contributed by atoms with Gasteiger partial charge in [0.05, 0.1) is 98.1 Å². The second kappa shape index (κ2) is 26.4. The molecule has 1 aromatic heterocycles. The van der Waals surface area contributed by atoms with Gasteiger partial charge in [-0.2, -0.15) is 0 Å². The highest BCUT2D eigenvalue weighted by Gasteiger charge is 2.20. The van der Waals surface area contributed by atoms with Crippen molar-refractivity contribution in [2.24, 2.45) is 5.41 Å². The van der Waals surface area contributed by atoms with Gasteiger partial charge in [0.1, 0.15) is 5.78 Å². The third-order valence-electron chi connectivity index (χ3n) is 6.01. The van der Waals surface area contributed by atoms with Crippen molar-refractivity contribution in [3.05, 3.63) is 18.0 Å². The predicted molar refractivity (Wildman–Crippen MR) is 174 cm³/mol. The van der Waals surface area contributed by atoms with Gasteiger partial charge in [0.2, 0.25) is 20.9 Å². The number of unbranched alkanes of at least 4 members (excludes halogenated alkanes) is 1. The molecule has 0 aliphatic heterocycles. The first-order valence-corrected chi connectivity index (χ1v) is 17.7. The summed E-state index contributed by atoms with van der Waals surface area (Å²) in [4.78, 5) is 31.2. The number of aromatic nitrogens is 2. The van der Waals surface area contributed by atoms with Crippen LogP contribution in [0, 0.1) is 17.3 Å². The quantitative estimate of drug-likeness (QED) is 0.0767. The van der Waals surface area contributed by atoms with Crippen molar-refractivity contribution in [3.8, 4) is 11.8 Å². The average molecular weight is 688 g/mol. The minimum Gasteiger partial charge on any atom is -0.379 e. The SMILES string of the molecule is CC(C)(C)C(=O)CCOCCOCCOCCOCCOCCOCCOCCNC(=O)CCCC#Cc1cnc(S(C)(=O)=O)nc1. The number of carbonyl (C=O) groups excluding carboxylic acids is 2. The maximum absolute atomic E-state index is 11.9. The Morgan fingerprint density at radius 2 is 1.13 bits per heavy atom. The molecule has 0 saturated heterocycles. The first-order valence-electron chi connectivity index (χ1n) is 15.9. The van der Waals surface area contributed by atoms with E-state index in [4.69, 9.17) is 33.2 Å². The predicted octanol–water partition coefficient (Wildman–Crippen LogP) is 1.64. The molecule has 0 radical (unpaired) electrons. The molecule has 0 spiro atoms. The fraction of sp³-hybridized carbons (Fsp3) is 0.750. The van der Waals surface area contributed by atoms with Gasteiger partial charge in [0, 0.05) is 49.9 Å². The molecule has 1 N–H and O–H groups in total. The number of nitrogens with one attached hydrogen (secondary N) is 1. The van der Waals surface area contributed by atoms with Crippen LogP contribution in [0.25, 0.3) is 0 Å². The standard InChI is InChI=1S/C32H53N3O11S/c1-32(2,3)29(36)10-12-40-14-16-42-18-20-44-22-24-46-25-23-45-21-19-43-17-15-41-13-11-33-30(37)9-7-5-6-8-28-26-34-31(35-27-28)47(4,38)39/h26-27H,5,7,9-25H2,1-4H3,(H,33,37). The molecule has 0 aliphatic carbocycles. The maximum atomic E-state index is 11.9. The molecule has 0 saturated carbocycles. The van der Waals surface area contributed by atoms with E-state index in [9.17, 15) is 18.0 Å². The van der Waals surface area contributed by atoms with E-state index in [1.807, 2.05) is 20.8 Å². The highest BCUT2D eigenvalue weighted by Crippen LogP contribution is 2.16.